The van der Waals surface area contributed by atoms with Gasteiger partial charge < -0.3 is 13.9 Å². The summed E-state index contributed by atoms with van der Waals surface area (Å²) in [7, 11) is 0. The molecule has 2 aliphatic rings. The first kappa shape index (κ1) is 12.8. The number of hydrogen-bond donors (Lipinski definition) is 0. The lowest BCUT2D eigenvalue weighted by Gasteiger charge is -2.29. The fourth-order valence-electron chi connectivity index (χ4n) is 3.26. The minimum atomic E-state index is -0.151. The molecule has 0 saturated carbocycles. The van der Waals surface area contributed by atoms with Gasteiger partial charge in [-0.15, -0.1) is 11.8 Å². The van der Waals surface area contributed by atoms with Crippen molar-refractivity contribution in [2.75, 3.05) is 0 Å². The molecule has 0 aliphatic carbocycles. The van der Waals surface area contributed by atoms with Crippen LogP contribution in [0.4, 0.5) is 0 Å². The maximum absolute atomic E-state index is 6.27. The zero-order valence-electron chi connectivity index (χ0n) is 11.6. The van der Waals surface area contributed by atoms with Gasteiger partial charge in [0.25, 0.3) is 0 Å². The molecule has 0 N–H and O–H groups in total. The Morgan fingerprint density at radius 3 is 3.11 bits per heavy atom. The lowest BCUT2D eigenvalue weighted by atomic mass is 9.79. The summed E-state index contributed by atoms with van der Waals surface area (Å²) in [6.45, 7) is 4.56. The third kappa shape index (κ3) is 2.31. The molecule has 19 heavy (non-hydrogen) atoms. The van der Waals surface area contributed by atoms with Crippen LogP contribution in [0.1, 0.15) is 45.3 Å². The second-order valence-electron chi connectivity index (χ2n) is 5.78. The average Bonchev–Trinajstić information content (AvgIpc) is 3.07. The van der Waals surface area contributed by atoms with E-state index in [9.17, 15) is 0 Å². The molecule has 0 amide bonds. The van der Waals surface area contributed by atoms with Crippen LogP contribution in [0.25, 0.3) is 0 Å². The SMILES string of the molecule is CC#CC[C@@]12CC[C@@](C)(O1)[C@@H](OCc1ccco1)C2. The van der Waals surface area contributed by atoms with Gasteiger partial charge in [-0.05, 0) is 38.8 Å². The maximum Gasteiger partial charge on any atom is 0.129 e. The summed E-state index contributed by atoms with van der Waals surface area (Å²) in [5.74, 6) is 7.00. The molecule has 2 fully saturated rings. The summed E-state index contributed by atoms with van der Waals surface area (Å²) < 4.78 is 17.6. The highest BCUT2D eigenvalue weighted by Gasteiger charge is 2.59. The fraction of sp³-hybridized carbons (Fsp3) is 0.625. The van der Waals surface area contributed by atoms with E-state index in [1.54, 1.807) is 6.26 Å². The second kappa shape index (κ2) is 4.70. The molecule has 3 rings (SSSR count). The van der Waals surface area contributed by atoms with Crippen LogP contribution in [0.2, 0.25) is 0 Å². The molecular formula is C16H20O3. The lowest BCUT2D eigenvalue weighted by Crippen LogP contribution is -2.37. The van der Waals surface area contributed by atoms with Crippen LogP contribution in [0.3, 0.4) is 0 Å². The van der Waals surface area contributed by atoms with E-state index in [0.717, 1.165) is 31.4 Å². The van der Waals surface area contributed by atoms with Gasteiger partial charge in [0.15, 0.2) is 0 Å². The Kier molecular flexibility index (Phi) is 3.16. The molecule has 1 aromatic rings. The third-order valence-corrected chi connectivity index (χ3v) is 4.36. The minimum Gasteiger partial charge on any atom is -0.467 e. The van der Waals surface area contributed by atoms with Crippen molar-refractivity contribution in [3.8, 4) is 11.8 Å². The van der Waals surface area contributed by atoms with Gasteiger partial charge in [0.2, 0.25) is 0 Å². The molecule has 0 spiro atoms. The summed E-state index contributed by atoms with van der Waals surface area (Å²) in [6.07, 6.45) is 5.74. The second-order valence-corrected chi connectivity index (χ2v) is 5.78. The molecule has 3 heterocycles. The molecule has 0 unspecified atom stereocenters. The Labute approximate surface area is 114 Å². The molecule has 2 aliphatic heterocycles. The Balaban J connectivity index is 1.65. The zero-order valence-corrected chi connectivity index (χ0v) is 11.6. The zero-order chi connectivity index (χ0) is 13.3. The summed E-state index contributed by atoms with van der Waals surface area (Å²) in [5, 5.41) is 0. The smallest absolute Gasteiger partial charge is 0.129 e. The third-order valence-electron chi connectivity index (χ3n) is 4.36. The van der Waals surface area contributed by atoms with Gasteiger partial charge in [-0.2, -0.15) is 0 Å². The number of furan rings is 1. The van der Waals surface area contributed by atoms with E-state index >= 15 is 0 Å². The molecule has 2 saturated heterocycles. The molecule has 1 aromatic heterocycles. The molecule has 2 bridgehead atoms. The summed E-state index contributed by atoms with van der Waals surface area (Å²) in [4.78, 5) is 0. The summed E-state index contributed by atoms with van der Waals surface area (Å²) >= 11 is 0. The first-order chi connectivity index (χ1) is 9.16. The predicted octanol–water partition coefficient (Wildman–Crippen LogP) is 3.29. The normalized spacial score (nSPS) is 36.2. The Morgan fingerprint density at radius 1 is 1.47 bits per heavy atom. The standard InChI is InChI=1S/C16H20O3/c1-3-4-7-16-9-8-15(2,19-16)14(11-16)18-12-13-6-5-10-17-13/h5-6,10,14H,7-9,11-12H2,1-2H3/t14-,15+,16-/m0/s1. The van der Waals surface area contributed by atoms with Gasteiger partial charge >= 0.3 is 0 Å². The highest BCUT2D eigenvalue weighted by molar-refractivity contribution is 5.14. The van der Waals surface area contributed by atoms with Crippen LogP contribution >= 0.6 is 0 Å². The van der Waals surface area contributed by atoms with Crippen molar-refractivity contribution >= 4 is 0 Å². The van der Waals surface area contributed by atoms with E-state index in [1.165, 1.54) is 0 Å². The van der Waals surface area contributed by atoms with E-state index in [2.05, 4.69) is 18.8 Å². The minimum absolute atomic E-state index is 0.0778. The maximum atomic E-state index is 6.27. The molecule has 0 aromatic carbocycles. The van der Waals surface area contributed by atoms with Crippen molar-refractivity contribution in [2.24, 2.45) is 0 Å². The van der Waals surface area contributed by atoms with E-state index in [0.29, 0.717) is 6.61 Å². The van der Waals surface area contributed by atoms with Crippen LogP contribution in [0.15, 0.2) is 22.8 Å². The van der Waals surface area contributed by atoms with Crippen molar-refractivity contribution in [3.05, 3.63) is 24.2 Å². The molecule has 0 radical (unpaired) electrons. The molecule has 102 valence electrons. The van der Waals surface area contributed by atoms with Crippen LogP contribution in [-0.4, -0.2) is 17.3 Å². The van der Waals surface area contributed by atoms with Crippen molar-refractivity contribution in [2.45, 2.75) is 63.4 Å². The van der Waals surface area contributed by atoms with Gasteiger partial charge in [-0.1, -0.05) is 0 Å². The summed E-state index contributed by atoms with van der Waals surface area (Å²) in [5.41, 5.74) is -0.229. The van der Waals surface area contributed by atoms with Gasteiger partial charge in [0.05, 0.1) is 23.6 Å². The van der Waals surface area contributed by atoms with Crippen LogP contribution < -0.4 is 0 Å². The Hall–Kier alpha value is -1.24. The number of hydrogen-bond acceptors (Lipinski definition) is 3. The van der Waals surface area contributed by atoms with Crippen LogP contribution in [-0.2, 0) is 16.1 Å². The quantitative estimate of drug-likeness (QED) is 0.778. The van der Waals surface area contributed by atoms with Crippen molar-refractivity contribution < 1.29 is 13.9 Å². The van der Waals surface area contributed by atoms with E-state index in [1.807, 2.05) is 19.1 Å². The number of rotatable bonds is 4. The van der Waals surface area contributed by atoms with Crippen LogP contribution in [0, 0.1) is 11.8 Å². The highest BCUT2D eigenvalue weighted by atomic mass is 16.6. The monoisotopic (exact) mass is 260 g/mol. The largest absolute Gasteiger partial charge is 0.467 e. The van der Waals surface area contributed by atoms with Gasteiger partial charge in [-0.3, -0.25) is 0 Å². The van der Waals surface area contributed by atoms with Gasteiger partial charge in [0.1, 0.15) is 12.4 Å². The topological polar surface area (TPSA) is 31.6 Å². The van der Waals surface area contributed by atoms with E-state index in [4.69, 9.17) is 13.9 Å². The lowest BCUT2D eigenvalue weighted by molar-refractivity contribution is -0.0871. The highest BCUT2D eigenvalue weighted by Crippen LogP contribution is 2.53. The first-order valence-corrected chi connectivity index (χ1v) is 6.90. The Bertz CT molecular complexity index is 496. The van der Waals surface area contributed by atoms with E-state index < -0.39 is 0 Å². The van der Waals surface area contributed by atoms with Crippen molar-refractivity contribution in [3.63, 3.8) is 0 Å². The predicted molar refractivity (Wildman–Crippen MR) is 71.4 cm³/mol. The Morgan fingerprint density at radius 2 is 2.37 bits per heavy atom. The van der Waals surface area contributed by atoms with Crippen LogP contribution in [0.5, 0.6) is 0 Å². The molecule has 3 heteroatoms. The van der Waals surface area contributed by atoms with Crippen molar-refractivity contribution in [1.29, 1.82) is 0 Å². The summed E-state index contributed by atoms with van der Waals surface area (Å²) in [6, 6.07) is 3.82. The molecule has 3 nitrogen and oxygen atoms in total. The fourth-order valence-corrected chi connectivity index (χ4v) is 3.26. The molecule has 3 atom stereocenters. The molecular weight excluding hydrogens is 240 g/mol. The van der Waals surface area contributed by atoms with Gasteiger partial charge in [-0.25, -0.2) is 0 Å². The van der Waals surface area contributed by atoms with E-state index in [-0.39, 0.29) is 17.3 Å². The average molecular weight is 260 g/mol. The first-order valence-electron chi connectivity index (χ1n) is 6.90. The van der Waals surface area contributed by atoms with Crippen molar-refractivity contribution in [1.82, 2.24) is 0 Å². The number of ether oxygens (including phenoxy) is 2. The van der Waals surface area contributed by atoms with Gasteiger partial charge in [0, 0.05) is 12.8 Å². The number of fused-ring (bicyclic) bond motifs is 2.